The molecule has 0 radical (unpaired) electrons. The van der Waals surface area contributed by atoms with Crippen LogP contribution in [-0.2, 0) is 10.2 Å². The van der Waals surface area contributed by atoms with Crippen molar-refractivity contribution in [1.82, 2.24) is 15.5 Å². The molecule has 3 aliphatic rings. The second-order valence-corrected chi connectivity index (χ2v) is 7.60. The zero-order valence-electron chi connectivity index (χ0n) is 16.1. The number of hydrogen-bond donors (Lipinski definition) is 2. The van der Waals surface area contributed by atoms with Gasteiger partial charge in [0.15, 0.2) is 17.5 Å². The Balaban J connectivity index is 1.33. The lowest BCUT2D eigenvalue weighted by atomic mass is 9.95. The third-order valence-electron chi connectivity index (χ3n) is 5.84. The normalized spacial score (nSPS) is 22.7. The molecule has 1 saturated carbocycles. The molecule has 1 amide bonds. The average Bonchev–Trinajstić information content (AvgIpc) is 3.12. The number of nitrogens with one attached hydrogen (secondary N) is 2. The van der Waals surface area contributed by atoms with Crippen LogP contribution in [0.2, 0.25) is 0 Å². The summed E-state index contributed by atoms with van der Waals surface area (Å²) in [5, 5.41) is 6.96. The fourth-order valence-corrected chi connectivity index (χ4v) is 3.91. The van der Waals surface area contributed by atoms with Crippen molar-refractivity contribution in [2.75, 3.05) is 33.5 Å². The second kappa shape index (κ2) is 7.29. The van der Waals surface area contributed by atoms with E-state index in [1.807, 2.05) is 17.9 Å². The molecule has 1 saturated heterocycles. The SMILES string of the molecule is CCC(=O)N1CCC(NC(=NC)NCC2(c3ccc4c(c3)OCO4)CC2)C1. The van der Waals surface area contributed by atoms with Gasteiger partial charge in [-0.05, 0) is 37.0 Å². The molecule has 1 atom stereocenters. The summed E-state index contributed by atoms with van der Waals surface area (Å²) in [6.07, 6.45) is 3.83. The molecule has 0 spiro atoms. The summed E-state index contributed by atoms with van der Waals surface area (Å²) in [4.78, 5) is 18.2. The van der Waals surface area contributed by atoms with E-state index in [2.05, 4.69) is 27.8 Å². The number of carbonyl (C=O) groups is 1. The molecule has 2 N–H and O–H groups in total. The topological polar surface area (TPSA) is 75.2 Å². The Morgan fingerprint density at radius 1 is 1.33 bits per heavy atom. The van der Waals surface area contributed by atoms with Crippen molar-refractivity contribution in [3.8, 4) is 11.5 Å². The summed E-state index contributed by atoms with van der Waals surface area (Å²) in [6, 6.07) is 6.51. The van der Waals surface area contributed by atoms with E-state index < -0.39 is 0 Å². The summed E-state index contributed by atoms with van der Waals surface area (Å²) in [7, 11) is 1.79. The van der Waals surface area contributed by atoms with Gasteiger partial charge in [0.05, 0.1) is 0 Å². The van der Waals surface area contributed by atoms with E-state index in [1.54, 1.807) is 7.05 Å². The van der Waals surface area contributed by atoms with Gasteiger partial charge >= 0.3 is 0 Å². The summed E-state index contributed by atoms with van der Waals surface area (Å²) < 4.78 is 10.9. The summed E-state index contributed by atoms with van der Waals surface area (Å²) in [5.41, 5.74) is 1.42. The van der Waals surface area contributed by atoms with Crippen molar-refractivity contribution in [2.45, 2.75) is 44.1 Å². The standard InChI is InChI=1S/C20H28N4O3/c1-3-18(25)24-9-6-15(11-24)23-19(21-2)22-12-20(7-8-20)14-4-5-16-17(10-14)27-13-26-16/h4-5,10,15H,3,6-9,11-13H2,1-2H3,(H2,21,22,23). The Morgan fingerprint density at radius 3 is 2.89 bits per heavy atom. The molecule has 27 heavy (non-hydrogen) atoms. The Morgan fingerprint density at radius 2 is 2.15 bits per heavy atom. The molecule has 1 aliphatic carbocycles. The van der Waals surface area contributed by atoms with E-state index in [1.165, 1.54) is 5.56 Å². The smallest absolute Gasteiger partial charge is 0.231 e. The van der Waals surface area contributed by atoms with Gasteiger partial charge in [-0.3, -0.25) is 9.79 Å². The van der Waals surface area contributed by atoms with E-state index in [0.29, 0.717) is 13.2 Å². The zero-order valence-corrected chi connectivity index (χ0v) is 16.1. The van der Waals surface area contributed by atoms with Crippen LogP contribution in [0.15, 0.2) is 23.2 Å². The number of fused-ring (bicyclic) bond motifs is 1. The van der Waals surface area contributed by atoms with Crippen LogP contribution in [0, 0.1) is 0 Å². The average molecular weight is 372 g/mol. The number of amides is 1. The van der Waals surface area contributed by atoms with Crippen molar-refractivity contribution in [3.05, 3.63) is 23.8 Å². The molecule has 1 aromatic rings. The number of carbonyl (C=O) groups excluding carboxylic acids is 1. The Bertz CT molecular complexity index is 745. The lowest BCUT2D eigenvalue weighted by Gasteiger charge is -2.22. The minimum absolute atomic E-state index is 0.137. The first-order chi connectivity index (χ1) is 13.1. The van der Waals surface area contributed by atoms with Crippen LogP contribution < -0.4 is 20.1 Å². The zero-order chi connectivity index (χ0) is 18.9. The van der Waals surface area contributed by atoms with Crippen LogP contribution in [-0.4, -0.2) is 56.3 Å². The molecule has 7 heteroatoms. The van der Waals surface area contributed by atoms with Gasteiger partial charge in [-0.15, -0.1) is 0 Å². The third-order valence-corrected chi connectivity index (χ3v) is 5.84. The van der Waals surface area contributed by atoms with E-state index in [4.69, 9.17) is 9.47 Å². The first kappa shape index (κ1) is 17.9. The van der Waals surface area contributed by atoms with Crippen LogP contribution in [0.4, 0.5) is 0 Å². The number of aliphatic imine (C=N–C) groups is 1. The monoisotopic (exact) mass is 372 g/mol. The van der Waals surface area contributed by atoms with Gasteiger partial charge < -0.3 is 25.0 Å². The Hall–Kier alpha value is -2.44. The second-order valence-electron chi connectivity index (χ2n) is 7.60. The van der Waals surface area contributed by atoms with Gasteiger partial charge in [0.2, 0.25) is 12.7 Å². The highest BCUT2D eigenvalue weighted by Gasteiger charge is 2.45. The highest BCUT2D eigenvalue weighted by atomic mass is 16.7. The first-order valence-corrected chi connectivity index (χ1v) is 9.78. The quantitative estimate of drug-likeness (QED) is 0.607. The molecular formula is C20H28N4O3. The van der Waals surface area contributed by atoms with E-state index in [-0.39, 0.29) is 17.4 Å². The highest BCUT2D eigenvalue weighted by molar-refractivity contribution is 5.81. The van der Waals surface area contributed by atoms with Gasteiger partial charge in [-0.25, -0.2) is 0 Å². The molecule has 1 unspecified atom stereocenters. The molecule has 7 nitrogen and oxygen atoms in total. The first-order valence-electron chi connectivity index (χ1n) is 9.78. The third kappa shape index (κ3) is 3.68. The molecule has 0 bridgehead atoms. The summed E-state index contributed by atoms with van der Waals surface area (Å²) >= 11 is 0. The largest absolute Gasteiger partial charge is 0.454 e. The van der Waals surface area contributed by atoms with Gasteiger partial charge in [0.1, 0.15) is 0 Å². The van der Waals surface area contributed by atoms with Crippen molar-refractivity contribution in [2.24, 2.45) is 4.99 Å². The molecule has 0 aromatic heterocycles. The molecule has 1 aromatic carbocycles. The van der Waals surface area contributed by atoms with Crippen LogP contribution in [0.5, 0.6) is 11.5 Å². The molecule has 2 fully saturated rings. The number of rotatable bonds is 5. The minimum Gasteiger partial charge on any atom is -0.454 e. The van der Waals surface area contributed by atoms with Gasteiger partial charge in [-0.2, -0.15) is 0 Å². The van der Waals surface area contributed by atoms with Gasteiger partial charge in [-0.1, -0.05) is 13.0 Å². The Labute approximate surface area is 160 Å². The molecule has 2 heterocycles. The predicted molar refractivity (Wildman–Crippen MR) is 103 cm³/mol. The van der Waals surface area contributed by atoms with Gasteiger partial charge in [0, 0.05) is 44.6 Å². The summed E-state index contributed by atoms with van der Waals surface area (Å²) in [5.74, 6) is 2.69. The van der Waals surface area contributed by atoms with Crippen LogP contribution in [0.25, 0.3) is 0 Å². The number of hydrogen-bond acceptors (Lipinski definition) is 4. The van der Waals surface area contributed by atoms with E-state index in [0.717, 1.165) is 56.4 Å². The number of benzene rings is 1. The molecule has 4 rings (SSSR count). The highest BCUT2D eigenvalue weighted by Crippen LogP contribution is 2.49. The summed E-state index contributed by atoms with van der Waals surface area (Å²) in [6.45, 7) is 4.62. The van der Waals surface area contributed by atoms with Crippen molar-refractivity contribution >= 4 is 11.9 Å². The maximum Gasteiger partial charge on any atom is 0.231 e. The maximum absolute atomic E-state index is 11.9. The van der Waals surface area contributed by atoms with Gasteiger partial charge in [0.25, 0.3) is 0 Å². The van der Waals surface area contributed by atoms with Crippen LogP contribution in [0.1, 0.15) is 38.2 Å². The van der Waals surface area contributed by atoms with Crippen molar-refractivity contribution < 1.29 is 14.3 Å². The van der Waals surface area contributed by atoms with E-state index >= 15 is 0 Å². The number of nitrogens with zero attached hydrogens (tertiary/aromatic N) is 2. The number of likely N-dealkylation sites (tertiary alicyclic amines) is 1. The fourth-order valence-electron chi connectivity index (χ4n) is 3.91. The van der Waals surface area contributed by atoms with Crippen LogP contribution >= 0.6 is 0 Å². The lowest BCUT2D eigenvalue weighted by Crippen LogP contribution is -2.47. The number of guanidine groups is 1. The number of ether oxygens (including phenoxy) is 2. The maximum atomic E-state index is 11.9. The lowest BCUT2D eigenvalue weighted by molar-refractivity contribution is -0.129. The predicted octanol–water partition coefficient (Wildman–Crippen LogP) is 1.62. The minimum atomic E-state index is 0.137. The van der Waals surface area contributed by atoms with Crippen LogP contribution in [0.3, 0.4) is 0 Å². The van der Waals surface area contributed by atoms with Crippen molar-refractivity contribution in [1.29, 1.82) is 0 Å². The van der Waals surface area contributed by atoms with E-state index in [9.17, 15) is 4.79 Å². The van der Waals surface area contributed by atoms with Crippen molar-refractivity contribution in [3.63, 3.8) is 0 Å². The Kier molecular flexibility index (Phi) is 4.85. The fraction of sp³-hybridized carbons (Fsp3) is 0.600. The molecular weight excluding hydrogens is 344 g/mol. The molecule has 2 aliphatic heterocycles. The molecule has 146 valence electrons.